The zero-order chi connectivity index (χ0) is 42.1. The Bertz CT molecular complexity index is 2800. The molecule has 8 aromatic rings. The number of para-hydroxylation sites is 1. The van der Waals surface area contributed by atoms with Gasteiger partial charge in [-0.3, -0.25) is 13.7 Å². The Hall–Kier alpha value is -5.94. The van der Waals surface area contributed by atoms with Crippen molar-refractivity contribution in [2.75, 3.05) is 0 Å². The van der Waals surface area contributed by atoms with Crippen LogP contribution in [0.1, 0.15) is 105 Å². The van der Waals surface area contributed by atoms with Gasteiger partial charge in [-0.2, -0.15) is 0 Å². The molecule has 0 radical (unpaired) electrons. The number of imidazole rings is 1. The third kappa shape index (κ3) is 7.96. The smallest absolute Gasteiger partial charge is 0.269 e. The molecule has 0 saturated heterocycles. The largest absolute Gasteiger partial charge is 0.458 e. The molecule has 0 N–H and O–H groups in total. The summed E-state index contributed by atoms with van der Waals surface area (Å²) >= 11 is 0. The minimum atomic E-state index is -0.160. The molecule has 0 aliphatic heterocycles. The maximum Gasteiger partial charge on any atom is 0.269 e. The van der Waals surface area contributed by atoms with Crippen LogP contribution in [0.3, 0.4) is 0 Å². The number of aromatic nitrogens is 4. The Morgan fingerprint density at radius 2 is 1.17 bits per heavy atom. The monoisotopic (exact) mass is 778 g/mol. The SMILES string of the molecule is CC(C)(C)c1cc(-[n+]2[c-]n(-c3cc(Oc4ccc5c6ccccc6n(-c6cc(C(C)(C)C)ccn6)c5c4)cc(-c4ccccc4)c3)cc2C(C)(C)C)cc(C(C)(C)C)c1. The van der Waals surface area contributed by atoms with Crippen LogP contribution in [0.5, 0.6) is 11.5 Å². The van der Waals surface area contributed by atoms with Crippen LogP contribution < -0.4 is 9.30 Å². The van der Waals surface area contributed by atoms with Crippen molar-refractivity contribution < 1.29 is 9.30 Å². The number of ether oxygens (including phenoxy) is 1. The molecule has 3 aromatic heterocycles. The standard InChI is InChI=1S/C54H58N4O/c1-51(2,3)38-24-25-55-50(31-38)58-47-21-17-16-20-45(47)46-23-22-43(33-48(46)58)59-44-27-37(36-18-14-13-15-19-36)26-41(32-44)56-34-49(54(10,11)12)57(35-56)42-29-39(52(4,5)6)28-40(30-42)53(7,8)9/h13-34H,1-12H3. The predicted molar refractivity (Wildman–Crippen MR) is 245 cm³/mol. The fourth-order valence-corrected chi connectivity index (χ4v) is 7.82. The van der Waals surface area contributed by atoms with Gasteiger partial charge in [0.25, 0.3) is 6.33 Å². The van der Waals surface area contributed by atoms with Crippen LogP contribution in [-0.2, 0) is 21.7 Å². The second kappa shape index (κ2) is 14.4. The van der Waals surface area contributed by atoms with E-state index in [0.717, 1.165) is 56.2 Å². The van der Waals surface area contributed by atoms with E-state index >= 15 is 0 Å². The van der Waals surface area contributed by atoms with E-state index in [4.69, 9.17) is 9.72 Å². The van der Waals surface area contributed by atoms with Crippen LogP contribution in [-0.4, -0.2) is 14.1 Å². The maximum atomic E-state index is 6.90. The molecule has 5 aromatic carbocycles. The van der Waals surface area contributed by atoms with E-state index in [-0.39, 0.29) is 21.7 Å². The summed E-state index contributed by atoms with van der Waals surface area (Å²) in [6.07, 6.45) is 7.95. The number of rotatable bonds is 6. The van der Waals surface area contributed by atoms with Gasteiger partial charge in [-0.05, 0) is 110 Å². The highest BCUT2D eigenvalue weighted by molar-refractivity contribution is 6.09. The van der Waals surface area contributed by atoms with Crippen molar-refractivity contribution in [3.05, 3.63) is 162 Å². The van der Waals surface area contributed by atoms with Crippen LogP contribution in [0, 0.1) is 6.33 Å². The van der Waals surface area contributed by atoms with Crippen molar-refractivity contribution in [1.82, 2.24) is 14.1 Å². The Labute approximate surface area is 351 Å². The van der Waals surface area contributed by atoms with Gasteiger partial charge in [0, 0.05) is 29.2 Å². The quantitative estimate of drug-likeness (QED) is 0.124. The fourth-order valence-electron chi connectivity index (χ4n) is 7.82. The molecule has 300 valence electrons. The van der Waals surface area contributed by atoms with Gasteiger partial charge in [-0.15, -0.1) is 0 Å². The summed E-state index contributed by atoms with van der Waals surface area (Å²) in [6, 6.07) is 43.4. The first-order chi connectivity index (χ1) is 27.7. The van der Waals surface area contributed by atoms with Crippen LogP contribution >= 0.6 is 0 Å². The lowest BCUT2D eigenvalue weighted by molar-refractivity contribution is -0.611. The second-order valence-electron chi connectivity index (χ2n) is 20.2. The number of fused-ring (bicyclic) bond motifs is 3. The number of benzene rings is 5. The molecule has 0 atom stereocenters. The van der Waals surface area contributed by atoms with E-state index in [0.29, 0.717) is 0 Å². The number of hydrogen-bond donors (Lipinski definition) is 0. The maximum absolute atomic E-state index is 6.90. The molecule has 0 amide bonds. The first-order valence-electron chi connectivity index (χ1n) is 20.9. The fraction of sp³-hybridized carbons (Fsp3) is 0.296. The van der Waals surface area contributed by atoms with Crippen molar-refractivity contribution in [2.45, 2.75) is 105 Å². The molecule has 3 heterocycles. The minimum absolute atomic E-state index is 0.0118. The summed E-state index contributed by atoms with van der Waals surface area (Å²) in [5, 5.41) is 2.33. The lowest BCUT2D eigenvalue weighted by Crippen LogP contribution is -2.39. The van der Waals surface area contributed by atoms with Crippen molar-refractivity contribution in [3.63, 3.8) is 0 Å². The predicted octanol–water partition coefficient (Wildman–Crippen LogP) is 13.7. The van der Waals surface area contributed by atoms with Gasteiger partial charge in [0.05, 0.1) is 28.1 Å². The highest BCUT2D eigenvalue weighted by Crippen LogP contribution is 2.38. The summed E-state index contributed by atoms with van der Waals surface area (Å²) in [7, 11) is 0. The second-order valence-corrected chi connectivity index (χ2v) is 20.2. The van der Waals surface area contributed by atoms with Gasteiger partial charge in [0.15, 0.2) is 0 Å². The van der Waals surface area contributed by atoms with E-state index < -0.39 is 0 Å². The normalized spacial score (nSPS) is 12.7. The van der Waals surface area contributed by atoms with Crippen molar-refractivity contribution in [3.8, 4) is 39.8 Å². The Morgan fingerprint density at radius 3 is 1.83 bits per heavy atom. The molecule has 59 heavy (non-hydrogen) atoms. The van der Waals surface area contributed by atoms with Gasteiger partial charge in [0.1, 0.15) is 17.3 Å². The Kier molecular flexibility index (Phi) is 9.74. The van der Waals surface area contributed by atoms with E-state index in [1.165, 1.54) is 27.8 Å². The van der Waals surface area contributed by atoms with Crippen molar-refractivity contribution >= 4 is 21.8 Å². The van der Waals surface area contributed by atoms with Gasteiger partial charge < -0.3 is 4.74 Å². The molecular weight excluding hydrogens is 721 g/mol. The van der Waals surface area contributed by atoms with Crippen LogP contribution in [0.25, 0.3) is 50.1 Å². The number of nitrogens with zero attached hydrogens (tertiary/aromatic N) is 4. The van der Waals surface area contributed by atoms with Crippen LogP contribution in [0.2, 0.25) is 0 Å². The first kappa shape index (κ1) is 39.9. The molecule has 5 heteroatoms. The van der Waals surface area contributed by atoms with E-state index in [1.54, 1.807) is 0 Å². The molecule has 0 fully saturated rings. The molecule has 0 saturated carbocycles. The van der Waals surface area contributed by atoms with E-state index in [9.17, 15) is 0 Å². The highest BCUT2D eigenvalue weighted by atomic mass is 16.5. The molecule has 0 bridgehead atoms. The van der Waals surface area contributed by atoms with E-state index in [1.807, 2.05) is 6.20 Å². The summed E-state index contributed by atoms with van der Waals surface area (Å²) < 4.78 is 13.6. The molecule has 8 rings (SSSR count). The van der Waals surface area contributed by atoms with Gasteiger partial charge in [0.2, 0.25) is 0 Å². The van der Waals surface area contributed by atoms with Gasteiger partial charge in [-0.1, -0.05) is 138 Å². The molecule has 5 nitrogen and oxygen atoms in total. The third-order valence-corrected chi connectivity index (χ3v) is 11.4. The highest BCUT2D eigenvalue weighted by Gasteiger charge is 2.26. The van der Waals surface area contributed by atoms with E-state index in [2.05, 4.69) is 231 Å². The molecular formula is C54H58N4O. The average molecular weight is 779 g/mol. The van der Waals surface area contributed by atoms with Crippen molar-refractivity contribution in [2.24, 2.45) is 0 Å². The molecule has 0 spiro atoms. The summed E-state index contributed by atoms with van der Waals surface area (Å²) in [5.74, 6) is 2.38. The summed E-state index contributed by atoms with van der Waals surface area (Å²) in [4.78, 5) is 4.89. The first-order valence-corrected chi connectivity index (χ1v) is 20.9. The molecule has 0 aliphatic carbocycles. The Balaban J connectivity index is 1.28. The Morgan fingerprint density at radius 1 is 0.525 bits per heavy atom. The van der Waals surface area contributed by atoms with Crippen LogP contribution in [0.4, 0.5) is 0 Å². The minimum Gasteiger partial charge on any atom is -0.458 e. The molecule has 0 unspecified atom stereocenters. The average Bonchev–Trinajstić information content (AvgIpc) is 3.78. The summed E-state index contributed by atoms with van der Waals surface area (Å²) in [6.45, 7) is 27.3. The third-order valence-electron chi connectivity index (χ3n) is 11.4. The number of pyridine rings is 1. The van der Waals surface area contributed by atoms with Crippen molar-refractivity contribution in [1.29, 1.82) is 0 Å². The zero-order valence-corrected chi connectivity index (χ0v) is 36.9. The molecule has 0 aliphatic rings. The van der Waals surface area contributed by atoms with Gasteiger partial charge >= 0.3 is 0 Å². The lowest BCUT2D eigenvalue weighted by Gasteiger charge is -2.27. The van der Waals surface area contributed by atoms with Crippen LogP contribution in [0.15, 0.2) is 134 Å². The number of hydrogen-bond acceptors (Lipinski definition) is 2. The topological polar surface area (TPSA) is 35.9 Å². The lowest BCUT2D eigenvalue weighted by atomic mass is 9.80. The zero-order valence-electron chi connectivity index (χ0n) is 36.9. The summed E-state index contributed by atoms with van der Waals surface area (Å²) in [5.41, 5.74) is 11.2. The van der Waals surface area contributed by atoms with Gasteiger partial charge in [-0.25, -0.2) is 4.98 Å².